The van der Waals surface area contributed by atoms with Crippen molar-refractivity contribution in [2.24, 2.45) is 5.92 Å². The van der Waals surface area contributed by atoms with Crippen molar-refractivity contribution in [1.29, 1.82) is 0 Å². The molecule has 0 saturated heterocycles. The Labute approximate surface area is 146 Å². The van der Waals surface area contributed by atoms with E-state index in [1.807, 2.05) is 35.9 Å². The summed E-state index contributed by atoms with van der Waals surface area (Å²) in [5.74, 6) is 1.10. The van der Waals surface area contributed by atoms with Gasteiger partial charge in [-0.25, -0.2) is 4.98 Å². The monoisotopic (exact) mass is 338 g/mol. The summed E-state index contributed by atoms with van der Waals surface area (Å²) in [6.07, 6.45) is 4.72. The SMILES string of the molecule is Cc1c(C(=O)NCc2ccc(-c3cnco3)cc2)cnn1CC(C)C. The van der Waals surface area contributed by atoms with Gasteiger partial charge in [-0.15, -0.1) is 0 Å². The number of oxazole rings is 1. The van der Waals surface area contributed by atoms with E-state index in [1.165, 1.54) is 6.39 Å². The topological polar surface area (TPSA) is 73.0 Å². The molecule has 0 unspecified atom stereocenters. The number of amides is 1. The Morgan fingerprint density at radius 3 is 2.64 bits per heavy atom. The van der Waals surface area contributed by atoms with Crippen LogP contribution in [-0.2, 0) is 13.1 Å². The van der Waals surface area contributed by atoms with Crippen molar-refractivity contribution in [3.63, 3.8) is 0 Å². The van der Waals surface area contributed by atoms with Crippen molar-refractivity contribution in [2.75, 3.05) is 0 Å². The minimum absolute atomic E-state index is 0.105. The van der Waals surface area contributed by atoms with Crippen molar-refractivity contribution in [1.82, 2.24) is 20.1 Å². The van der Waals surface area contributed by atoms with Gasteiger partial charge >= 0.3 is 0 Å². The van der Waals surface area contributed by atoms with E-state index < -0.39 is 0 Å². The van der Waals surface area contributed by atoms with Gasteiger partial charge in [0.2, 0.25) is 0 Å². The van der Waals surface area contributed by atoms with Crippen molar-refractivity contribution in [2.45, 2.75) is 33.9 Å². The molecule has 1 N–H and O–H groups in total. The van der Waals surface area contributed by atoms with Gasteiger partial charge in [-0.05, 0) is 18.4 Å². The zero-order valence-electron chi connectivity index (χ0n) is 14.7. The molecule has 2 heterocycles. The van der Waals surface area contributed by atoms with Crippen molar-refractivity contribution in [3.05, 3.63) is 59.9 Å². The number of carbonyl (C=O) groups excluding carboxylic acids is 1. The van der Waals surface area contributed by atoms with Crippen LogP contribution in [0.2, 0.25) is 0 Å². The van der Waals surface area contributed by atoms with Gasteiger partial charge < -0.3 is 9.73 Å². The summed E-state index contributed by atoms with van der Waals surface area (Å²) in [5.41, 5.74) is 3.49. The molecule has 3 aromatic rings. The van der Waals surface area contributed by atoms with Gasteiger partial charge in [0.05, 0.1) is 18.0 Å². The van der Waals surface area contributed by atoms with Crippen LogP contribution < -0.4 is 5.32 Å². The van der Waals surface area contributed by atoms with Crippen LogP contribution in [0, 0.1) is 12.8 Å². The van der Waals surface area contributed by atoms with Gasteiger partial charge in [-0.3, -0.25) is 9.48 Å². The number of hydrogen-bond acceptors (Lipinski definition) is 4. The standard InChI is InChI=1S/C19H22N4O2/c1-13(2)11-23-14(3)17(9-22-23)19(24)21-8-15-4-6-16(7-5-15)18-10-20-12-25-18/h4-7,9-10,12-13H,8,11H2,1-3H3,(H,21,24). The molecule has 0 aliphatic carbocycles. The van der Waals surface area contributed by atoms with Crippen LogP contribution in [-0.4, -0.2) is 20.7 Å². The Hall–Kier alpha value is -2.89. The summed E-state index contributed by atoms with van der Waals surface area (Å²) in [6, 6.07) is 7.84. The van der Waals surface area contributed by atoms with E-state index in [9.17, 15) is 4.79 Å². The molecule has 130 valence electrons. The molecule has 6 nitrogen and oxygen atoms in total. The van der Waals surface area contributed by atoms with Crippen molar-refractivity contribution in [3.8, 4) is 11.3 Å². The Bertz CT molecular complexity index is 833. The number of nitrogens with zero attached hydrogens (tertiary/aromatic N) is 3. The van der Waals surface area contributed by atoms with E-state index >= 15 is 0 Å². The molecular weight excluding hydrogens is 316 g/mol. The molecule has 0 fully saturated rings. The van der Waals surface area contributed by atoms with E-state index in [-0.39, 0.29) is 5.91 Å². The van der Waals surface area contributed by atoms with Crippen LogP contribution in [0.4, 0.5) is 0 Å². The number of rotatable bonds is 6. The third-order valence-electron chi connectivity index (χ3n) is 4.01. The highest BCUT2D eigenvalue weighted by atomic mass is 16.3. The molecule has 0 atom stereocenters. The average molecular weight is 338 g/mol. The van der Waals surface area contributed by atoms with Crippen LogP contribution in [0.1, 0.15) is 35.5 Å². The van der Waals surface area contributed by atoms with Gasteiger partial charge in [0.1, 0.15) is 0 Å². The maximum absolute atomic E-state index is 12.4. The largest absolute Gasteiger partial charge is 0.444 e. The van der Waals surface area contributed by atoms with Crippen LogP contribution in [0.5, 0.6) is 0 Å². The first-order valence-corrected chi connectivity index (χ1v) is 8.33. The lowest BCUT2D eigenvalue weighted by Gasteiger charge is -2.08. The highest BCUT2D eigenvalue weighted by molar-refractivity contribution is 5.95. The second-order valence-electron chi connectivity index (χ2n) is 6.46. The smallest absolute Gasteiger partial charge is 0.255 e. The molecule has 0 bridgehead atoms. The molecule has 25 heavy (non-hydrogen) atoms. The number of hydrogen-bond donors (Lipinski definition) is 1. The summed E-state index contributed by atoms with van der Waals surface area (Å²) in [7, 11) is 0. The minimum Gasteiger partial charge on any atom is -0.444 e. The predicted molar refractivity (Wildman–Crippen MR) is 94.9 cm³/mol. The highest BCUT2D eigenvalue weighted by Gasteiger charge is 2.14. The molecular formula is C19H22N4O2. The van der Waals surface area contributed by atoms with E-state index in [2.05, 4.69) is 29.2 Å². The summed E-state index contributed by atoms with van der Waals surface area (Å²) >= 11 is 0. The second-order valence-corrected chi connectivity index (χ2v) is 6.46. The summed E-state index contributed by atoms with van der Waals surface area (Å²) in [6.45, 7) is 7.45. The second kappa shape index (κ2) is 7.34. The molecule has 0 radical (unpaired) electrons. The quantitative estimate of drug-likeness (QED) is 0.747. The maximum Gasteiger partial charge on any atom is 0.255 e. The Morgan fingerprint density at radius 1 is 1.24 bits per heavy atom. The zero-order valence-corrected chi connectivity index (χ0v) is 14.7. The molecule has 0 spiro atoms. The average Bonchev–Trinajstić information content (AvgIpc) is 3.24. The van der Waals surface area contributed by atoms with Crippen LogP contribution in [0.25, 0.3) is 11.3 Å². The third kappa shape index (κ3) is 3.96. The Kier molecular flexibility index (Phi) is 4.97. The molecule has 0 aliphatic heterocycles. The first-order valence-electron chi connectivity index (χ1n) is 8.33. The predicted octanol–water partition coefficient (Wildman–Crippen LogP) is 3.43. The van der Waals surface area contributed by atoms with E-state index in [0.717, 1.165) is 29.1 Å². The third-order valence-corrected chi connectivity index (χ3v) is 4.01. The molecule has 6 heteroatoms. The number of aromatic nitrogens is 3. The summed E-state index contributed by atoms with van der Waals surface area (Å²) < 4.78 is 7.15. The van der Waals surface area contributed by atoms with Crippen molar-refractivity contribution < 1.29 is 9.21 Å². The van der Waals surface area contributed by atoms with Crippen molar-refractivity contribution >= 4 is 5.91 Å². The maximum atomic E-state index is 12.4. The number of benzene rings is 1. The molecule has 0 saturated carbocycles. The summed E-state index contributed by atoms with van der Waals surface area (Å²) in [4.78, 5) is 16.3. The molecule has 1 aromatic carbocycles. The first kappa shape index (κ1) is 17.0. The zero-order chi connectivity index (χ0) is 17.8. The lowest BCUT2D eigenvalue weighted by molar-refractivity contribution is 0.0950. The molecule has 3 rings (SSSR count). The minimum atomic E-state index is -0.105. The normalized spacial score (nSPS) is 11.0. The number of carbonyl (C=O) groups is 1. The lowest BCUT2D eigenvalue weighted by atomic mass is 10.1. The van der Waals surface area contributed by atoms with Gasteiger partial charge in [0.25, 0.3) is 5.91 Å². The first-order chi connectivity index (χ1) is 12.0. The van der Waals surface area contributed by atoms with Gasteiger partial charge in [0, 0.05) is 24.3 Å². The fraction of sp³-hybridized carbons (Fsp3) is 0.316. The Balaban J connectivity index is 1.62. The van der Waals surface area contributed by atoms with Gasteiger partial charge in [-0.2, -0.15) is 5.10 Å². The van der Waals surface area contributed by atoms with E-state index in [0.29, 0.717) is 18.0 Å². The van der Waals surface area contributed by atoms with Gasteiger partial charge in [-0.1, -0.05) is 38.1 Å². The van der Waals surface area contributed by atoms with Crippen LogP contribution in [0.15, 0.2) is 47.5 Å². The fourth-order valence-electron chi connectivity index (χ4n) is 2.62. The van der Waals surface area contributed by atoms with Crippen LogP contribution in [0.3, 0.4) is 0 Å². The van der Waals surface area contributed by atoms with E-state index in [1.54, 1.807) is 12.4 Å². The fourth-order valence-corrected chi connectivity index (χ4v) is 2.62. The summed E-state index contributed by atoms with van der Waals surface area (Å²) in [5, 5.41) is 7.26. The molecule has 1 amide bonds. The lowest BCUT2D eigenvalue weighted by Crippen LogP contribution is -2.23. The molecule has 0 aliphatic rings. The molecule has 2 aromatic heterocycles. The van der Waals surface area contributed by atoms with Crippen LogP contribution >= 0.6 is 0 Å². The van der Waals surface area contributed by atoms with Gasteiger partial charge in [0.15, 0.2) is 12.2 Å². The van der Waals surface area contributed by atoms with E-state index in [4.69, 9.17) is 4.42 Å². The number of nitrogens with one attached hydrogen (secondary N) is 1. The Morgan fingerprint density at radius 2 is 2.00 bits per heavy atom. The highest BCUT2D eigenvalue weighted by Crippen LogP contribution is 2.19.